The third-order valence-electron chi connectivity index (χ3n) is 2.32. The molecule has 0 aliphatic carbocycles. The van der Waals surface area contributed by atoms with E-state index in [1.807, 2.05) is 18.9 Å². The molecule has 0 aliphatic heterocycles. The normalized spacial score (nSPS) is 10.5. The largest absolute Gasteiger partial charge is 0.478 e. The van der Waals surface area contributed by atoms with Gasteiger partial charge in [0.15, 0.2) is 0 Å². The average Bonchev–Trinajstić information content (AvgIpc) is 2.50. The van der Waals surface area contributed by atoms with Gasteiger partial charge in [-0.1, -0.05) is 5.92 Å². The standard InChI is InChI=1S/C12H15N3O2/c1-5-8-14(3)12-10(6-7-11(16)17)9(2)13-15(12)4/h1,6-7H,8H2,2-4H3,(H,16,17)/b7-6+. The van der Waals surface area contributed by atoms with Crippen molar-refractivity contribution in [3.63, 3.8) is 0 Å². The van der Waals surface area contributed by atoms with Crippen molar-refractivity contribution in [3.05, 3.63) is 17.3 Å². The lowest BCUT2D eigenvalue weighted by Gasteiger charge is -2.17. The Labute approximate surface area is 100 Å². The number of aromatic nitrogens is 2. The summed E-state index contributed by atoms with van der Waals surface area (Å²) < 4.78 is 1.69. The minimum absolute atomic E-state index is 0.437. The fraction of sp³-hybridized carbons (Fsp3) is 0.333. The van der Waals surface area contributed by atoms with Gasteiger partial charge in [0.1, 0.15) is 5.82 Å². The molecular formula is C12H15N3O2. The van der Waals surface area contributed by atoms with Crippen molar-refractivity contribution in [2.75, 3.05) is 18.5 Å². The number of anilines is 1. The van der Waals surface area contributed by atoms with Crippen LogP contribution in [0, 0.1) is 19.3 Å². The predicted octanol–water partition coefficient (Wildman–Crippen LogP) is 0.896. The van der Waals surface area contributed by atoms with Crippen molar-refractivity contribution in [2.24, 2.45) is 7.05 Å². The summed E-state index contributed by atoms with van der Waals surface area (Å²) in [6.07, 6.45) is 7.89. The highest BCUT2D eigenvalue weighted by atomic mass is 16.4. The molecule has 0 unspecified atom stereocenters. The molecule has 1 heterocycles. The van der Waals surface area contributed by atoms with Crippen LogP contribution < -0.4 is 4.90 Å². The minimum Gasteiger partial charge on any atom is -0.478 e. The van der Waals surface area contributed by atoms with Gasteiger partial charge in [-0.3, -0.25) is 4.68 Å². The summed E-state index contributed by atoms with van der Waals surface area (Å²) in [4.78, 5) is 12.4. The Balaban J connectivity index is 3.20. The molecule has 1 N–H and O–H groups in total. The zero-order chi connectivity index (χ0) is 13.0. The summed E-state index contributed by atoms with van der Waals surface area (Å²) in [5, 5.41) is 12.9. The fourth-order valence-corrected chi connectivity index (χ4v) is 1.68. The molecule has 0 bridgehead atoms. The molecule has 0 amide bonds. The third kappa shape index (κ3) is 2.88. The lowest BCUT2D eigenvalue weighted by atomic mass is 10.2. The predicted molar refractivity (Wildman–Crippen MR) is 66.7 cm³/mol. The molecule has 0 atom stereocenters. The molecule has 0 aliphatic rings. The van der Waals surface area contributed by atoms with Crippen LogP contribution in [0.2, 0.25) is 0 Å². The van der Waals surface area contributed by atoms with E-state index in [9.17, 15) is 4.79 Å². The molecule has 1 aromatic heterocycles. The zero-order valence-corrected chi connectivity index (χ0v) is 10.1. The molecule has 5 nitrogen and oxygen atoms in total. The van der Waals surface area contributed by atoms with Crippen LogP contribution in [-0.4, -0.2) is 34.4 Å². The molecule has 0 radical (unpaired) electrons. The maximum Gasteiger partial charge on any atom is 0.328 e. The maximum absolute atomic E-state index is 10.5. The van der Waals surface area contributed by atoms with E-state index in [1.165, 1.54) is 6.08 Å². The minimum atomic E-state index is -0.987. The molecule has 0 saturated heterocycles. The van der Waals surface area contributed by atoms with Crippen LogP contribution in [0.3, 0.4) is 0 Å². The molecule has 0 aromatic carbocycles. The quantitative estimate of drug-likeness (QED) is 0.620. The number of hydrogen-bond acceptors (Lipinski definition) is 3. The number of rotatable bonds is 4. The molecule has 90 valence electrons. The van der Waals surface area contributed by atoms with Crippen LogP contribution in [0.4, 0.5) is 5.82 Å². The van der Waals surface area contributed by atoms with Crippen LogP contribution in [0.25, 0.3) is 6.08 Å². The lowest BCUT2D eigenvalue weighted by molar-refractivity contribution is -0.131. The highest BCUT2D eigenvalue weighted by Gasteiger charge is 2.14. The van der Waals surface area contributed by atoms with Crippen LogP contribution in [0.5, 0.6) is 0 Å². The molecular weight excluding hydrogens is 218 g/mol. The topological polar surface area (TPSA) is 58.4 Å². The molecule has 17 heavy (non-hydrogen) atoms. The number of hydrogen-bond donors (Lipinski definition) is 1. The van der Waals surface area contributed by atoms with Crippen molar-refractivity contribution in [1.29, 1.82) is 0 Å². The van der Waals surface area contributed by atoms with Crippen LogP contribution in [0.1, 0.15) is 11.3 Å². The van der Waals surface area contributed by atoms with Crippen LogP contribution in [-0.2, 0) is 11.8 Å². The van der Waals surface area contributed by atoms with E-state index < -0.39 is 5.97 Å². The molecule has 0 spiro atoms. The zero-order valence-electron chi connectivity index (χ0n) is 10.1. The van der Waals surface area contributed by atoms with Gasteiger partial charge >= 0.3 is 5.97 Å². The van der Waals surface area contributed by atoms with E-state index in [2.05, 4.69) is 11.0 Å². The lowest BCUT2D eigenvalue weighted by Crippen LogP contribution is -2.20. The summed E-state index contributed by atoms with van der Waals surface area (Å²) in [7, 11) is 3.64. The van der Waals surface area contributed by atoms with Gasteiger partial charge in [0.05, 0.1) is 12.2 Å². The molecule has 1 aromatic rings. The summed E-state index contributed by atoms with van der Waals surface area (Å²) in [6.45, 7) is 2.27. The van der Waals surface area contributed by atoms with Gasteiger partial charge in [0, 0.05) is 25.7 Å². The SMILES string of the molecule is C#CCN(C)c1c(/C=C/C(=O)O)c(C)nn1C. The van der Waals surface area contributed by atoms with Gasteiger partial charge in [-0.25, -0.2) is 4.79 Å². The van der Waals surface area contributed by atoms with Gasteiger partial charge in [-0.05, 0) is 13.0 Å². The fourth-order valence-electron chi connectivity index (χ4n) is 1.68. The molecule has 5 heteroatoms. The Morgan fingerprint density at radius 1 is 1.71 bits per heavy atom. The number of aryl methyl sites for hydroxylation is 2. The van der Waals surface area contributed by atoms with Gasteiger partial charge in [0.25, 0.3) is 0 Å². The van der Waals surface area contributed by atoms with Crippen molar-refractivity contribution in [2.45, 2.75) is 6.92 Å². The van der Waals surface area contributed by atoms with E-state index >= 15 is 0 Å². The van der Waals surface area contributed by atoms with E-state index in [0.29, 0.717) is 6.54 Å². The highest BCUT2D eigenvalue weighted by Crippen LogP contribution is 2.23. The Morgan fingerprint density at radius 3 is 2.88 bits per heavy atom. The summed E-state index contributed by atoms with van der Waals surface area (Å²) in [5.74, 6) is 2.36. The molecule has 0 saturated carbocycles. The third-order valence-corrected chi connectivity index (χ3v) is 2.32. The summed E-state index contributed by atoms with van der Waals surface area (Å²) >= 11 is 0. The highest BCUT2D eigenvalue weighted by molar-refractivity contribution is 5.87. The number of carboxylic acid groups (broad SMARTS) is 1. The second-order valence-electron chi connectivity index (χ2n) is 3.68. The smallest absolute Gasteiger partial charge is 0.328 e. The van der Waals surface area contributed by atoms with Crippen LogP contribution >= 0.6 is 0 Å². The Kier molecular flexibility index (Phi) is 3.94. The molecule has 1 rings (SSSR count). The first-order valence-corrected chi connectivity index (χ1v) is 5.06. The van der Waals surface area contributed by atoms with Crippen LogP contribution in [0.15, 0.2) is 6.08 Å². The maximum atomic E-state index is 10.5. The van der Waals surface area contributed by atoms with Gasteiger partial charge in [0.2, 0.25) is 0 Å². The van der Waals surface area contributed by atoms with E-state index in [4.69, 9.17) is 11.5 Å². The van der Waals surface area contributed by atoms with E-state index in [0.717, 1.165) is 23.2 Å². The van der Waals surface area contributed by atoms with Gasteiger partial charge < -0.3 is 10.0 Å². The van der Waals surface area contributed by atoms with Gasteiger partial charge in [-0.2, -0.15) is 5.10 Å². The summed E-state index contributed by atoms with van der Waals surface area (Å²) in [5.41, 5.74) is 1.54. The van der Waals surface area contributed by atoms with Crippen molar-refractivity contribution in [1.82, 2.24) is 9.78 Å². The van der Waals surface area contributed by atoms with Crippen molar-refractivity contribution < 1.29 is 9.90 Å². The van der Waals surface area contributed by atoms with Crippen molar-refractivity contribution >= 4 is 17.9 Å². The molecule has 0 fully saturated rings. The second-order valence-corrected chi connectivity index (χ2v) is 3.68. The monoisotopic (exact) mass is 233 g/mol. The van der Waals surface area contributed by atoms with Gasteiger partial charge in [-0.15, -0.1) is 6.42 Å². The van der Waals surface area contributed by atoms with E-state index in [-0.39, 0.29) is 0 Å². The second kappa shape index (κ2) is 5.21. The average molecular weight is 233 g/mol. The Morgan fingerprint density at radius 2 is 2.35 bits per heavy atom. The first-order valence-electron chi connectivity index (χ1n) is 5.06. The Hall–Kier alpha value is -2.22. The number of nitrogens with zero attached hydrogens (tertiary/aromatic N) is 3. The first kappa shape index (κ1) is 12.8. The van der Waals surface area contributed by atoms with Crippen molar-refractivity contribution in [3.8, 4) is 12.3 Å². The summed E-state index contributed by atoms with van der Waals surface area (Å²) in [6, 6.07) is 0. The number of carboxylic acids is 1. The first-order chi connectivity index (χ1) is 7.97. The Bertz CT molecular complexity index is 495. The number of carbonyl (C=O) groups is 1. The number of terminal acetylenes is 1. The van der Waals surface area contributed by atoms with E-state index in [1.54, 1.807) is 11.7 Å². The number of aliphatic carboxylic acids is 1.